The molecule has 0 N–H and O–H groups in total. The van der Waals surface area contributed by atoms with Crippen LogP contribution in [-0.4, -0.2) is 33.6 Å². The fourth-order valence-electron chi connectivity index (χ4n) is 5.27. The second kappa shape index (κ2) is 8.09. The minimum atomic E-state index is -0.145. The van der Waals surface area contributed by atoms with E-state index in [0.717, 1.165) is 53.5 Å². The summed E-state index contributed by atoms with van der Waals surface area (Å²) < 4.78 is 12.6. The first-order valence-corrected chi connectivity index (χ1v) is 12.0. The Bertz CT molecular complexity index is 1500. The van der Waals surface area contributed by atoms with Crippen molar-refractivity contribution in [3.63, 3.8) is 0 Å². The van der Waals surface area contributed by atoms with Gasteiger partial charge in [-0.2, -0.15) is 0 Å². The quantitative estimate of drug-likeness (QED) is 0.390. The highest BCUT2D eigenvalue weighted by molar-refractivity contribution is 6.04. The maximum absolute atomic E-state index is 13.2. The SMILES string of the molecule is CCOC(=O)CCN1Cc2ccc(-c3ccc4c5ocnc5c(=O)n(C5CC5)c4c3C)cc2C1. The Morgan fingerprint density at radius 3 is 2.79 bits per heavy atom. The van der Waals surface area contributed by atoms with Gasteiger partial charge in [0.2, 0.25) is 0 Å². The van der Waals surface area contributed by atoms with Gasteiger partial charge in [0.05, 0.1) is 18.5 Å². The average molecular weight is 458 g/mol. The first-order valence-electron chi connectivity index (χ1n) is 12.0. The van der Waals surface area contributed by atoms with E-state index in [9.17, 15) is 9.59 Å². The number of aromatic nitrogens is 2. The molecule has 174 valence electrons. The molecule has 2 aromatic heterocycles. The molecule has 0 atom stereocenters. The van der Waals surface area contributed by atoms with Crippen molar-refractivity contribution >= 4 is 28.0 Å². The number of esters is 1. The van der Waals surface area contributed by atoms with Gasteiger partial charge in [-0.1, -0.05) is 18.2 Å². The number of aryl methyl sites for hydroxylation is 1. The van der Waals surface area contributed by atoms with E-state index in [2.05, 4.69) is 47.1 Å². The second-order valence-corrected chi connectivity index (χ2v) is 9.32. The molecule has 34 heavy (non-hydrogen) atoms. The summed E-state index contributed by atoms with van der Waals surface area (Å²) in [4.78, 5) is 31.4. The Hall–Kier alpha value is -3.45. The highest BCUT2D eigenvalue weighted by atomic mass is 16.5. The van der Waals surface area contributed by atoms with Crippen LogP contribution in [0.25, 0.3) is 33.1 Å². The van der Waals surface area contributed by atoms with Crippen LogP contribution in [0.3, 0.4) is 0 Å². The van der Waals surface area contributed by atoms with Gasteiger partial charge in [-0.05, 0) is 66.6 Å². The molecule has 4 aromatic rings. The monoisotopic (exact) mass is 457 g/mol. The number of ether oxygens (including phenoxy) is 1. The van der Waals surface area contributed by atoms with E-state index in [1.165, 1.54) is 17.5 Å². The van der Waals surface area contributed by atoms with E-state index < -0.39 is 0 Å². The minimum Gasteiger partial charge on any atom is -0.466 e. The van der Waals surface area contributed by atoms with Gasteiger partial charge in [-0.3, -0.25) is 14.5 Å². The zero-order valence-corrected chi connectivity index (χ0v) is 19.5. The third kappa shape index (κ3) is 3.42. The van der Waals surface area contributed by atoms with Crippen LogP contribution in [0.5, 0.6) is 0 Å². The third-order valence-corrected chi connectivity index (χ3v) is 7.06. The molecule has 6 rings (SSSR count). The number of carbonyl (C=O) groups excluding carboxylic acids is 1. The highest BCUT2D eigenvalue weighted by Crippen LogP contribution is 2.40. The summed E-state index contributed by atoms with van der Waals surface area (Å²) in [6.45, 7) is 6.70. The van der Waals surface area contributed by atoms with Crippen molar-refractivity contribution < 1.29 is 13.9 Å². The Balaban J connectivity index is 1.38. The van der Waals surface area contributed by atoms with Crippen LogP contribution >= 0.6 is 0 Å². The fourth-order valence-corrected chi connectivity index (χ4v) is 5.27. The first kappa shape index (κ1) is 21.1. The Morgan fingerprint density at radius 1 is 1.18 bits per heavy atom. The molecule has 7 heteroatoms. The lowest BCUT2D eigenvalue weighted by atomic mass is 9.95. The van der Waals surface area contributed by atoms with Crippen LogP contribution in [0, 0.1) is 6.92 Å². The number of oxazole rings is 1. The molecule has 7 nitrogen and oxygen atoms in total. The molecule has 0 unspecified atom stereocenters. The van der Waals surface area contributed by atoms with E-state index in [4.69, 9.17) is 9.15 Å². The molecular formula is C27H27N3O4. The Labute approximate surface area is 196 Å². The number of rotatable bonds is 6. The standard InChI is InChI=1S/C27H27N3O4/c1-3-33-23(31)10-11-29-13-18-5-4-17(12-19(18)14-29)21-8-9-22-25(16(21)2)30(20-6-7-20)27(32)24-26(22)34-15-28-24/h4-5,8-9,12,15,20H,3,6-7,10-11,13-14H2,1-2H3. The topological polar surface area (TPSA) is 77.6 Å². The summed E-state index contributed by atoms with van der Waals surface area (Å²) in [5.41, 5.74) is 7.78. The van der Waals surface area contributed by atoms with Crippen LogP contribution < -0.4 is 5.56 Å². The van der Waals surface area contributed by atoms with Crippen molar-refractivity contribution in [1.82, 2.24) is 14.5 Å². The number of hydrogen-bond acceptors (Lipinski definition) is 6. The molecule has 1 aliphatic heterocycles. The zero-order valence-electron chi connectivity index (χ0n) is 19.5. The number of hydrogen-bond donors (Lipinski definition) is 0. The molecule has 1 saturated carbocycles. The maximum Gasteiger partial charge on any atom is 0.307 e. The third-order valence-electron chi connectivity index (χ3n) is 7.06. The summed E-state index contributed by atoms with van der Waals surface area (Å²) in [5.74, 6) is -0.145. The lowest BCUT2D eigenvalue weighted by Gasteiger charge is -2.16. The van der Waals surface area contributed by atoms with Crippen LogP contribution in [0.2, 0.25) is 0 Å². The van der Waals surface area contributed by atoms with Crippen molar-refractivity contribution in [2.24, 2.45) is 0 Å². The van der Waals surface area contributed by atoms with Crippen LogP contribution in [0.1, 0.15) is 48.9 Å². The molecule has 0 radical (unpaired) electrons. The number of fused-ring (bicyclic) bond motifs is 4. The average Bonchev–Trinajstić information content (AvgIpc) is 3.38. The van der Waals surface area contributed by atoms with Gasteiger partial charge in [0, 0.05) is 31.1 Å². The van der Waals surface area contributed by atoms with Crippen molar-refractivity contribution in [3.8, 4) is 11.1 Å². The van der Waals surface area contributed by atoms with Crippen molar-refractivity contribution in [2.75, 3.05) is 13.2 Å². The molecular weight excluding hydrogens is 430 g/mol. The van der Waals surface area contributed by atoms with Crippen LogP contribution in [0.15, 0.2) is 45.9 Å². The van der Waals surface area contributed by atoms with Gasteiger partial charge in [-0.15, -0.1) is 0 Å². The fraction of sp³-hybridized carbons (Fsp3) is 0.370. The van der Waals surface area contributed by atoms with Crippen molar-refractivity contribution in [1.29, 1.82) is 0 Å². The van der Waals surface area contributed by atoms with Crippen molar-refractivity contribution in [3.05, 3.63) is 63.8 Å². The summed E-state index contributed by atoms with van der Waals surface area (Å²) in [6, 6.07) is 11.0. The molecule has 0 bridgehead atoms. The summed E-state index contributed by atoms with van der Waals surface area (Å²) in [5, 5.41) is 0.937. The van der Waals surface area contributed by atoms with E-state index in [1.54, 1.807) is 0 Å². The molecule has 0 spiro atoms. The van der Waals surface area contributed by atoms with E-state index >= 15 is 0 Å². The van der Waals surface area contributed by atoms with Gasteiger partial charge in [-0.25, -0.2) is 4.98 Å². The van der Waals surface area contributed by atoms with Gasteiger partial charge in [0.25, 0.3) is 5.56 Å². The van der Waals surface area contributed by atoms with Gasteiger partial charge in [0.1, 0.15) is 0 Å². The van der Waals surface area contributed by atoms with E-state index in [-0.39, 0.29) is 17.6 Å². The van der Waals surface area contributed by atoms with Crippen LogP contribution in [-0.2, 0) is 22.6 Å². The van der Waals surface area contributed by atoms with E-state index in [0.29, 0.717) is 30.7 Å². The molecule has 1 aliphatic carbocycles. The Kier molecular flexibility index (Phi) is 5.03. The lowest BCUT2D eigenvalue weighted by Crippen LogP contribution is -2.21. The predicted octanol–water partition coefficient (Wildman–Crippen LogP) is 4.72. The van der Waals surface area contributed by atoms with Crippen LogP contribution in [0.4, 0.5) is 0 Å². The summed E-state index contributed by atoms with van der Waals surface area (Å²) >= 11 is 0. The number of pyridine rings is 1. The molecule has 2 aliphatic rings. The minimum absolute atomic E-state index is 0.0646. The molecule has 2 aromatic carbocycles. The van der Waals surface area contributed by atoms with Crippen molar-refractivity contribution in [2.45, 2.75) is 52.2 Å². The second-order valence-electron chi connectivity index (χ2n) is 9.32. The summed E-state index contributed by atoms with van der Waals surface area (Å²) in [6.07, 6.45) is 3.80. The van der Waals surface area contributed by atoms with E-state index in [1.807, 2.05) is 11.5 Å². The highest BCUT2D eigenvalue weighted by Gasteiger charge is 2.30. The number of nitrogens with zero attached hydrogens (tertiary/aromatic N) is 3. The van der Waals surface area contributed by atoms with Gasteiger partial charge in [0.15, 0.2) is 17.5 Å². The largest absolute Gasteiger partial charge is 0.466 e. The van der Waals surface area contributed by atoms with Gasteiger partial charge >= 0.3 is 5.97 Å². The maximum atomic E-state index is 13.2. The number of carbonyl (C=O) groups is 1. The first-order chi connectivity index (χ1) is 16.5. The normalized spacial score (nSPS) is 15.8. The molecule has 1 fully saturated rings. The predicted molar refractivity (Wildman–Crippen MR) is 130 cm³/mol. The smallest absolute Gasteiger partial charge is 0.307 e. The lowest BCUT2D eigenvalue weighted by molar-refractivity contribution is -0.143. The molecule has 0 saturated heterocycles. The molecule has 0 amide bonds. The summed E-state index contributed by atoms with van der Waals surface area (Å²) in [7, 11) is 0. The zero-order chi connectivity index (χ0) is 23.4. The molecule has 3 heterocycles. The number of benzene rings is 2. The Morgan fingerprint density at radius 2 is 2.00 bits per heavy atom. The van der Waals surface area contributed by atoms with Gasteiger partial charge < -0.3 is 13.7 Å².